The van der Waals surface area contributed by atoms with E-state index in [1.165, 1.54) is 25.7 Å². The first-order chi connectivity index (χ1) is 11.1. The van der Waals surface area contributed by atoms with E-state index in [4.69, 9.17) is 0 Å². The minimum absolute atomic E-state index is 0. The SMILES string of the molecule is CCCCCCCCCCC(C(=O)O)(C(=O)O)c1ccccc1.[H-].[Na+]. The minimum Gasteiger partial charge on any atom is -1.00 e. The second-order valence-electron chi connectivity index (χ2n) is 6.11. The molecule has 0 spiro atoms. The van der Waals surface area contributed by atoms with E-state index in [0.717, 1.165) is 19.3 Å². The summed E-state index contributed by atoms with van der Waals surface area (Å²) in [5, 5.41) is 19.1. The van der Waals surface area contributed by atoms with Gasteiger partial charge in [-0.15, -0.1) is 0 Å². The third-order valence-corrected chi connectivity index (χ3v) is 4.40. The molecule has 1 aromatic carbocycles. The Morgan fingerprint density at radius 3 is 1.79 bits per heavy atom. The standard InChI is InChI=1S/C19H28O4.Na.H/c1-2-3-4-5-6-7-8-12-15-19(17(20)21,18(22)23)16-13-10-9-11-14-16;;/h9-11,13-14H,2-8,12,15H2,1H3,(H,20,21)(H,22,23);;/q;+1;-1. The summed E-state index contributed by atoms with van der Waals surface area (Å²) in [6.45, 7) is 2.18. The van der Waals surface area contributed by atoms with Crippen molar-refractivity contribution in [3.63, 3.8) is 0 Å². The fourth-order valence-electron chi connectivity index (χ4n) is 2.94. The van der Waals surface area contributed by atoms with E-state index in [-0.39, 0.29) is 37.4 Å². The van der Waals surface area contributed by atoms with Crippen molar-refractivity contribution in [3.8, 4) is 0 Å². The first kappa shape index (κ1) is 23.2. The van der Waals surface area contributed by atoms with Gasteiger partial charge in [0.1, 0.15) is 0 Å². The van der Waals surface area contributed by atoms with Gasteiger partial charge in [0.15, 0.2) is 5.41 Å². The molecule has 0 saturated carbocycles. The van der Waals surface area contributed by atoms with E-state index in [9.17, 15) is 19.8 Å². The van der Waals surface area contributed by atoms with Crippen molar-refractivity contribution < 1.29 is 50.8 Å². The molecular formula is C19H29NaO4. The molecule has 4 nitrogen and oxygen atoms in total. The number of carboxylic acids is 2. The van der Waals surface area contributed by atoms with Crippen molar-refractivity contribution in [1.29, 1.82) is 0 Å². The Kier molecular flexibility index (Phi) is 12.1. The summed E-state index contributed by atoms with van der Waals surface area (Å²) < 4.78 is 0. The summed E-state index contributed by atoms with van der Waals surface area (Å²) in [5.41, 5.74) is -1.48. The average Bonchev–Trinajstić information content (AvgIpc) is 2.54. The van der Waals surface area contributed by atoms with Gasteiger partial charge in [0.05, 0.1) is 0 Å². The molecule has 24 heavy (non-hydrogen) atoms. The minimum atomic E-state index is -1.83. The molecule has 0 amide bonds. The topological polar surface area (TPSA) is 74.6 Å². The molecule has 1 rings (SSSR count). The fraction of sp³-hybridized carbons (Fsp3) is 0.579. The van der Waals surface area contributed by atoms with E-state index in [1.807, 2.05) is 0 Å². The fourth-order valence-corrected chi connectivity index (χ4v) is 2.94. The Labute approximate surface area is 168 Å². The number of benzene rings is 1. The van der Waals surface area contributed by atoms with E-state index >= 15 is 0 Å². The van der Waals surface area contributed by atoms with E-state index in [0.29, 0.717) is 12.0 Å². The van der Waals surface area contributed by atoms with Crippen LogP contribution in [0.4, 0.5) is 0 Å². The van der Waals surface area contributed by atoms with E-state index < -0.39 is 17.4 Å². The van der Waals surface area contributed by atoms with Crippen LogP contribution in [0.5, 0.6) is 0 Å². The van der Waals surface area contributed by atoms with Crippen LogP contribution in [0.3, 0.4) is 0 Å². The van der Waals surface area contributed by atoms with Gasteiger partial charge in [-0.3, -0.25) is 9.59 Å². The van der Waals surface area contributed by atoms with Crippen molar-refractivity contribution in [2.45, 2.75) is 70.1 Å². The Hall–Kier alpha value is -0.840. The van der Waals surface area contributed by atoms with Crippen LogP contribution in [0.25, 0.3) is 0 Å². The smallest absolute Gasteiger partial charge is 1.00 e. The van der Waals surface area contributed by atoms with Crippen LogP contribution in [-0.2, 0) is 15.0 Å². The maximum atomic E-state index is 11.7. The van der Waals surface area contributed by atoms with Gasteiger partial charge in [-0.2, -0.15) is 0 Å². The number of carbonyl (C=O) groups is 2. The van der Waals surface area contributed by atoms with Crippen LogP contribution in [0.2, 0.25) is 0 Å². The van der Waals surface area contributed by atoms with Crippen molar-refractivity contribution in [2.24, 2.45) is 0 Å². The van der Waals surface area contributed by atoms with Crippen molar-refractivity contribution in [2.75, 3.05) is 0 Å². The molecule has 0 heterocycles. The predicted molar refractivity (Wildman–Crippen MR) is 91.7 cm³/mol. The van der Waals surface area contributed by atoms with Gasteiger partial charge in [0.2, 0.25) is 0 Å². The monoisotopic (exact) mass is 344 g/mol. The number of carboxylic acid groups (broad SMARTS) is 2. The summed E-state index contributed by atoms with van der Waals surface area (Å²) in [6, 6.07) is 8.31. The van der Waals surface area contributed by atoms with Crippen molar-refractivity contribution in [1.82, 2.24) is 0 Å². The van der Waals surface area contributed by atoms with Crippen LogP contribution in [-0.4, -0.2) is 22.2 Å². The zero-order valence-electron chi connectivity index (χ0n) is 16.0. The number of hydrogen-bond acceptors (Lipinski definition) is 2. The number of hydrogen-bond donors (Lipinski definition) is 2. The quantitative estimate of drug-likeness (QED) is 0.344. The van der Waals surface area contributed by atoms with Crippen LogP contribution in [0, 0.1) is 0 Å². The molecule has 0 aliphatic rings. The third-order valence-electron chi connectivity index (χ3n) is 4.40. The van der Waals surface area contributed by atoms with Gasteiger partial charge in [-0.25, -0.2) is 0 Å². The first-order valence-electron chi connectivity index (χ1n) is 8.58. The van der Waals surface area contributed by atoms with Gasteiger partial charge in [-0.05, 0) is 12.0 Å². The molecule has 0 aliphatic heterocycles. The Morgan fingerprint density at radius 2 is 1.33 bits per heavy atom. The summed E-state index contributed by atoms with van der Waals surface area (Å²) in [6.07, 6.45) is 8.72. The maximum absolute atomic E-state index is 11.7. The maximum Gasteiger partial charge on any atom is 1.00 e. The zero-order chi connectivity index (χ0) is 17.1. The van der Waals surface area contributed by atoms with Crippen molar-refractivity contribution >= 4 is 11.9 Å². The molecule has 130 valence electrons. The molecule has 0 radical (unpaired) electrons. The van der Waals surface area contributed by atoms with Crippen LogP contribution < -0.4 is 29.6 Å². The molecule has 0 bridgehead atoms. The van der Waals surface area contributed by atoms with Crippen molar-refractivity contribution in [3.05, 3.63) is 35.9 Å². The molecule has 0 aliphatic carbocycles. The molecule has 0 unspecified atom stereocenters. The van der Waals surface area contributed by atoms with Gasteiger partial charge < -0.3 is 11.6 Å². The molecule has 0 atom stereocenters. The second kappa shape index (κ2) is 12.5. The van der Waals surface area contributed by atoms with E-state index in [1.54, 1.807) is 30.3 Å². The molecule has 0 fully saturated rings. The number of rotatable bonds is 12. The first-order valence-corrected chi connectivity index (χ1v) is 8.58. The predicted octanol–water partition coefficient (Wildman–Crippen LogP) is 1.74. The Morgan fingerprint density at radius 1 is 0.875 bits per heavy atom. The summed E-state index contributed by atoms with van der Waals surface area (Å²) >= 11 is 0. The third kappa shape index (κ3) is 6.58. The average molecular weight is 344 g/mol. The van der Waals surface area contributed by atoms with Crippen LogP contribution >= 0.6 is 0 Å². The number of unbranched alkanes of at least 4 members (excludes halogenated alkanes) is 7. The normalized spacial score (nSPS) is 10.9. The Balaban J connectivity index is 0. The summed E-state index contributed by atoms with van der Waals surface area (Å²) in [5.74, 6) is -2.56. The van der Waals surface area contributed by atoms with Gasteiger partial charge in [-0.1, -0.05) is 88.6 Å². The molecule has 0 aromatic heterocycles. The molecule has 2 N–H and O–H groups in total. The molecule has 0 saturated heterocycles. The largest absolute Gasteiger partial charge is 1.00 e. The van der Waals surface area contributed by atoms with Crippen LogP contribution in [0.1, 0.15) is 71.7 Å². The van der Waals surface area contributed by atoms with Gasteiger partial charge in [0, 0.05) is 0 Å². The second-order valence-corrected chi connectivity index (χ2v) is 6.11. The molecular weight excluding hydrogens is 315 g/mol. The van der Waals surface area contributed by atoms with Gasteiger partial charge in [0.25, 0.3) is 0 Å². The zero-order valence-corrected chi connectivity index (χ0v) is 17.0. The summed E-state index contributed by atoms with van der Waals surface area (Å²) in [7, 11) is 0. The molecule has 1 aromatic rings. The Bertz CT molecular complexity index is 479. The molecule has 5 heteroatoms. The van der Waals surface area contributed by atoms with E-state index in [2.05, 4.69) is 6.92 Å². The van der Waals surface area contributed by atoms with Gasteiger partial charge >= 0.3 is 41.5 Å². The van der Waals surface area contributed by atoms with Crippen LogP contribution in [0.15, 0.2) is 30.3 Å². The number of aliphatic carboxylic acids is 2. The summed E-state index contributed by atoms with van der Waals surface area (Å²) in [4.78, 5) is 23.4.